The van der Waals surface area contributed by atoms with Gasteiger partial charge in [-0.25, -0.2) is 0 Å². The highest BCUT2D eigenvalue weighted by atomic mass is 79.9. The van der Waals surface area contributed by atoms with E-state index >= 15 is 0 Å². The predicted molar refractivity (Wildman–Crippen MR) is 71.4 cm³/mol. The van der Waals surface area contributed by atoms with Crippen LogP contribution in [0.5, 0.6) is 0 Å². The number of hydrogen-bond donors (Lipinski definition) is 0. The van der Waals surface area contributed by atoms with Gasteiger partial charge in [0.1, 0.15) is 0 Å². The van der Waals surface area contributed by atoms with Crippen molar-refractivity contribution in [1.82, 2.24) is 9.88 Å². The van der Waals surface area contributed by atoms with E-state index in [9.17, 15) is 4.79 Å². The summed E-state index contributed by atoms with van der Waals surface area (Å²) in [7, 11) is 0. The first kappa shape index (κ1) is 12.6. The van der Waals surface area contributed by atoms with Crippen molar-refractivity contribution in [2.75, 3.05) is 11.9 Å². The molecule has 1 heterocycles. The molecule has 1 amide bonds. The van der Waals surface area contributed by atoms with Crippen LogP contribution in [0.15, 0.2) is 18.5 Å². The minimum atomic E-state index is 0.116. The van der Waals surface area contributed by atoms with Crippen LogP contribution in [-0.4, -0.2) is 33.7 Å². The summed E-state index contributed by atoms with van der Waals surface area (Å²) < 4.78 is 0. The van der Waals surface area contributed by atoms with Crippen LogP contribution in [0, 0.1) is 6.92 Å². The zero-order chi connectivity index (χ0) is 12.3. The van der Waals surface area contributed by atoms with Crippen LogP contribution in [0.2, 0.25) is 0 Å². The van der Waals surface area contributed by atoms with E-state index in [1.807, 2.05) is 17.9 Å². The predicted octanol–water partition coefficient (Wildman–Crippen LogP) is 2.78. The standard InChI is InChI=1S/C13H17BrN2O/c1-10-7-11(9-15-8-10)13(17)16(6-5-14)12-3-2-4-12/h7-9,12H,2-6H2,1H3. The second-order valence-corrected chi connectivity index (χ2v) is 5.32. The molecule has 0 N–H and O–H groups in total. The first-order valence-corrected chi connectivity index (χ1v) is 7.13. The molecule has 1 aromatic rings. The van der Waals surface area contributed by atoms with Gasteiger partial charge in [-0.2, -0.15) is 0 Å². The molecule has 2 rings (SSSR count). The van der Waals surface area contributed by atoms with Crippen molar-refractivity contribution in [3.05, 3.63) is 29.6 Å². The van der Waals surface area contributed by atoms with Crippen LogP contribution >= 0.6 is 15.9 Å². The fraction of sp³-hybridized carbons (Fsp3) is 0.538. The van der Waals surface area contributed by atoms with Gasteiger partial charge in [0.05, 0.1) is 5.56 Å². The van der Waals surface area contributed by atoms with E-state index in [0.29, 0.717) is 11.6 Å². The number of pyridine rings is 1. The van der Waals surface area contributed by atoms with E-state index in [1.165, 1.54) is 6.42 Å². The Kier molecular flexibility index (Phi) is 4.15. The highest BCUT2D eigenvalue weighted by Gasteiger charge is 2.28. The number of amides is 1. The topological polar surface area (TPSA) is 33.2 Å². The summed E-state index contributed by atoms with van der Waals surface area (Å²) in [6.07, 6.45) is 6.95. The Morgan fingerprint density at radius 1 is 1.53 bits per heavy atom. The second kappa shape index (κ2) is 5.63. The van der Waals surface area contributed by atoms with E-state index in [-0.39, 0.29) is 5.91 Å². The van der Waals surface area contributed by atoms with Gasteiger partial charge in [0.15, 0.2) is 0 Å². The lowest BCUT2D eigenvalue weighted by molar-refractivity contribution is 0.0599. The summed E-state index contributed by atoms with van der Waals surface area (Å²) in [5.41, 5.74) is 1.74. The summed E-state index contributed by atoms with van der Waals surface area (Å²) in [5, 5.41) is 0.828. The number of halogens is 1. The molecule has 0 radical (unpaired) electrons. The second-order valence-electron chi connectivity index (χ2n) is 4.52. The number of carbonyl (C=O) groups excluding carboxylic acids is 1. The highest BCUT2D eigenvalue weighted by Crippen LogP contribution is 2.26. The molecule has 1 aliphatic carbocycles. The zero-order valence-corrected chi connectivity index (χ0v) is 11.6. The molecule has 4 heteroatoms. The maximum absolute atomic E-state index is 12.4. The Morgan fingerprint density at radius 2 is 2.29 bits per heavy atom. The molecule has 0 spiro atoms. The highest BCUT2D eigenvalue weighted by molar-refractivity contribution is 9.09. The van der Waals surface area contributed by atoms with Crippen molar-refractivity contribution in [2.45, 2.75) is 32.2 Å². The number of nitrogens with zero attached hydrogens (tertiary/aromatic N) is 2. The summed E-state index contributed by atoms with van der Waals surface area (Å²) in [5.74, 6) is 0.116. The number of carbonyl (C=O) groups is 1. The van der Waals surface area contributed by atoms with Crippen molar-refractivity contribution >= 4 is 21.8 Å². The molecule has 0 aromatic carbocycles. The maximum Gasteiger partial charge on any atom is 0.255 e. The van der Waals surface area contributed by atoms with E-state index in [1.54, 1.807) is 12.4 Å². The van der Waals surface area contributed by atoms with Crippen LogP contribution in [0.4, 0.5) is 0 Å². The number of hydrogen-bond acceptors (Lipinski definition) is 2. The normalized spacial score (nSPS) is 15.4. The molecule has 0 saturated heterocycles. The van der Waals surface area contributed by atoms with Crippen LogP contribution in [-0.2, 0) is 0 Å². The fourth-order valence-electron chi connectivity index (χ4n) is 2.08. The third kappa shape index (κ3) is 2.86. The minimum absolute atomic E-state index is 0.116. The Bertz CT molecular complexity index is 404. The van der Waals surface area contributed by atoms with E-state index in [2.05, 4.69) is 20.9 Å². The van der Waals surface area contributed by atoms with Crippen LogP contribution in [0.1, 0.15) is 35.2 Å². The molecule has 17 heavy (non-hydrogen) atoms. The van der Waals surface area contributed by atoms with Gasteiger partial charge in [-0.15, -0.1) is 0 Å². The summed E-state index contributed by atoms with van der Waals surface area (Å²) in [4.78, 5) is 18.5. The third-order valence-corrected chi connectivity index (χ3v) is 3.58. The smallest absolute Gasteiger partial charge is 0.255 e. The van der Waals surface area contributed by atoms with E-state index in [4.69, 9.17) is 0 Å². The monoisotopic (exact) mass is 296 g/mol. The molecule has 1 aromatic heterocycles. The maximum atomic E-state index is 12.4. The summed E-state index contributed by atoms with van der Waals surface area (Å²) in [6.45, 7) is 2.74. The van der Waals surface area contributed by atoms with Gasteiger partial charge in [0.25, 0.3) is 5.91 Å². The Balaban J connectivity index is 2.15. The minimum Gasteiger partial charge on any atom is -0.335 e. The van der Waals surface area contributed by atoms with Crippen molar-refractivity contribution in [1.29, 1.82) is 0 Å². The molecular formula is C13H17BrN2O. The van der Waals surface area contributed by atoms with Gasteiger partial charge >= 0.3 is 0 Å². The van der Waals surface area contributed by atoms with Gasteiger partial charge in [-0.1, -0.05) is 15.9 Å². The molecule has 0 atom stereocenters. The number of rotatable bonds is 4. The number of aromatic nitrogens is 1. The number of alkyl halides is 1. The van der Waals surface area contributed by atoms with Crippen molar-refractivity contribution in [3.63, 3.8) is 0 Å². The average Bonchev–Trinajstić information content (AvgIpc) is 2.25. The van der Waals surface area contributed by atoms with Gasteiger partial charge in [-0.05, 0) is 37.8 Å². The van der Waals surface area contributed by atoms with Gasteiger partial charge in [-0.3, -0.25) is 9.78 Å². The zero-order valence-electron chi connectivity index (χ0n) is 10.0. The largest absolute Gasteiger partial charge is 0.335 e. The Morgan fingerprint density at radius 3 is 2.82 bits per heavy atom. The van der Waals surface area contributed by atoms with Crippen molar-refractivity contribution in [3.8, 4) is 0 Å². The molecular weight excluding hydrogens is 280 g/mol. The van der Waals surface area contributed by atoms with E-state index in [0.717, 1.165) is 30.3 Å². The van der Waals surface area contributed by atoms with Crippen LogP contribution in [0.3, 0.4) is 0 Å². The van der Waals surface area contributed by atoms with Gasteiger partial charge in [0.2, 0.25) is 0 Å². The lowest BCUT2D eigenvalue weighted by Gasteiger charge is -2.37. The molecule has 1 fully saturated rings. The SMILES string of the molecule is Cc1cncc(C(=O)N(CCBr)C2CCC2)c1. The molecule has 0 bridgehead atoms. The van der Waals surface area contributed by atoms with Crippen molar-refractivity contribution in [2.24, 2.45) is 0 Å². The molecule has 1 aliphatic rings. The Hall–Kier alpha value is -0.900. The van der Waals surface area contributed by atoms with Gasteiger partial charge < -0.3 is 4.90 Å². The van der Waals surface area contributed by atoms with Crippen LogP contribution < -0.4 is 0 Å². The Labute approximate surface area is 110 Å². The van der Waals surface area contributed by atoms with Gasteiger partial charge in [0, 0.05) is 30.3 Å². The summed E-state index contributed by atoms with van der Waals surface area (Å²) in [6, 6.07) is 2.34. The molecule has 3 nitrogen and oxygen atoms in total. The first-order valence-electron chi connectivity index (χ1n) is 6.01. The fourth-order valence-corrected chi connectivity index (χ4v) is 2.46. The number of aryl methyl sites for hydroxylation is 1. The van der Waals surface area contributed by atoms with E-state index < -0.39 is 0 Å². The average molecular weight is 297 g/mol. The molecule has 1 saturated carbocycles. The molecule has 92 valence electrons. The quantitative estimate of drug-likeness (QED) is 0.801. The lowest BCUT2D eigenvalue weighted by Crippen LogP contribution is -2.45. The first-order chi connectivity index (χ1) is 8.22. The van der Waals surface area contributed by atoms with Crippen LogP contribution in [0.25, 0.3) is 0 Å². The van der Waals surface area contributed by atoms with Crippen molar-refractivity contribution < 1.29 is 4.79 Å². The summed E-state index contributed by atoms with van der Waals surface area (Å²) >= 11 is 3.42. The molecule has 0 aliphatic heterocycles. The molecule has 0 unspecified atom stereocenters. The lowest BCUT2D eigenvalue weighted by atomic mass is 9.91. The third-order valence-electron chi connectivity index (χ3n) is 3.22.